The number of amides is 3. The number of ketones is 1. The van der Waals surface area contributed by atoms with E-state index in [0.29, 0.717) is 22.1 Å². The van der Waals surface area contributed by atoms with Crippen molar-refractivity contribution in [3.05, 3.63) is 58.6 Å². The van der Waals surface area contributed by atoms with Crippen LogP contribution in [-0.2, 0) is 10.3 Å². The second kappa shape index (κ2) is 7.52. The standard InChI is InChI=1S/C20H19ClN2O5/c1-20(14-6-4-5-7-15(14)21)18(25)23(19(26)22-20)11-16(24)13-10-12(27-2)8-9-17(13)28-3/h4-10H,11H2,1-3H3,(H,22,26)/t20-/m1/s1. The molecule has 1 aliphatic heterocycles. The lowest BCUT2D eigenvalue weighted by Gasteiger charge is -2.23. The van der Waals surface area contributed by atoms with Gasteiger partial charge in [-0.2, -0.15) is 0 Å². The molecule has 146 valence electrons. The number of carbonyl (C=O) groups excluding carboxylic acids is 3. The molecule has 2 aromatic carbocycles. The largest absolute Gasteiger partial charge is 0.497 e. The molecule has 0 spiro atoms. The number of Topliss-reactive ketones (excluding diaryl/α,β-unsaturated/α-hetero) is 1. The number of ether oxygens (including phenoxy) is 2. The highest BCUT2D eigenvalue weighted by atomic mass is 35.5. The summed E-state index contributed by atoms with van der Waals surface area (Å²) < 4.78 is 10.4. The van der Waals surface area contributed by atoms with Gasteiger partial charge < -0.3 is 14.8 Å². The van der Waals surface area contributed by atoms with Crippen molar-refractivity contribution in [3.63, 3.8) is 0 Å². The molecule has 2 aromatic rings. The van der Waals surface area contributed by atoms with Crippen LogP contribution >= 0.6 is 11.6 Å². The second-order valence-corrected chi connectivity index (χ2v) is 6.82. The Labute approximate surface area is 167 Å². The van der Waals surface area contributed by atoms with E-state index in [2.05, 4.69) is 5.32 Å². The molecule has 0 bridgehead atoms. The summed E-state index contributed by atoms with van der Waals surface area (Å²) in [5.41, 5.74) is -0.675. The zero-order chi connectivity index (χ0) is 20.5. The van der Waals surface area contributed by atoms with Crippen molar-refractivity contribution in [2.75, 3.05) is 20.8 Å². The van der Waals surface area contributed by atoms with Crippen molar-refractivity contribution in [2.24, 2.45) is 0 Å². The molecule has 28 heavy (non-hydrogen) atoms. The van der Waals surface area contributed by atoms with Crippen LogP contribution in [0.2, 0.25) is 5.02 Å². The first-order valence-corrected chi connectivity index (χ1v) is 8.84. The number of urea groups is 1. The van der Waals surface area contributed by atoms with Crippen LogP contribution in [-0.4, -0.2) is 43.4 Å². The molecule has 0 saturated carbocycles. The number of nitrogens with zero attached hydrogens (tertiary/aromatic N) is 1. The number of hydrogen-bond donors (Lipinski definition) is 1. The van der Waals surface area contributed by atoms with Crippen molar-refractivity contribution in [3.8, 4) is 11.5 Å². The molecular weight excluding hydrogens is 384 g/mol. The van der Waals surface area contributed by atoms with Crippen LogP contribution in [0.1, 0.15) is 22.8 Å². The predicted octanol–water partition coefficient (Wildman–Crippen LogP) is 3.01. The van der Waals surface area contributed by atoms with Gasteiger partial charge in [-0.3, -0.25) is 14.5 Å². The summed E-state index contributed by atoms with van der Waals surface area (Å²) in [6, 6.07) is 10.8. The Bertz CT molecular complexity index is 961. The van der Waals surface area contributed by atoms with Gasteiger partial charge in [-0.05, 0) is 31.2 Å². The Morgan fingerprint density at radius 2 is 1.86 bits per heavy atom. The number of rotatable bonds is 6. The maximum atomic E-state index is 13.0. The second-order valence-electron chi connectivity index (χ2n) is 6.42. The van der Waals surface area contributed by atoms with Gasteiger partial charge in [-0.25, -0.2) is 4.79 Å². The molecular formula is C20H19ClN2O5. The number of nitrogens with one attached hydrogen (secondary N) is 1. The summed E-state index contributed by atoms with van der Waals surface area (Å²) in [6.07, 6.45) is 0. The molecule has 0 aromatic heterocycles. The zero-order valence-corrected chi connectivity index (χ0v) is 16.4. The molecule has 8 heteroatoms. The first-order valence-electron chi connectivity index (χ1n) is 8.46. The number of carbonyl (C=O) groups is 3. The smallest absolute Gasteiger partial charge is 0.325 e. The highest BCUT2D eigenvalue weighted by molar-refractivity contribution is 6.32. The number of methoxy groups -OCH3 is 2. The topological polar surface area (TPSA) is 84.9 Å². The Balaban J connectivity index is 1.90. The predicted molar refractivity (Wildman–Crippen MR) is 103 cm³/mol. The number of hydrogen-bond acceptors (Lipinski definition) is 5. The van der Waals surface area contributed by atoms with E-state index in [9.17, 15) is 14.4 Å². The summed E-state index contributed by atoms with van der Waals surface area (Å²) in [5, 5.41) is 2.99. The SMILES string of the molecule is COc1ccc(OC)c(C(=O)CN2C(=O)N[C@](C)(c3ccccc3Cl)C2=O)c1. The Morgan fingerprint density at radius 1 is 1.14 bits per heavy atom. The van der Waals surface area contributed by atoms with Gasteiger partial charge in [0.15, 0.2) is 5.78 Å². The maximum Gasteiger partial charge on any atom is 0.325 e. The normalized spacial score (nSPS) is 18.8. The highest BCUT2D eigenvalue weighted by Gasteiger charge is 2.50. The minimum absolute atomic E-state index is 0.216. The summed E-state index contributed by atoms with van der Waals surface area (Å²) >= 11 is 6.21. The van der Waals surface area contributed by atoms with Gasteiger partial charge in [-0.15, -0.1) is 0 Å². The van der Waals surface area contributed by atoms with E-state index in [1.807, 2.05) is 0 Å². The van der Waals surface area contributed by atoms with E-state index >= 15 is 0 Å². The van der Waals surface area contributed by atoms with Crippen LogP contribution < -0.4 is 14.8 Å². The van der Waals surface area contributed by atoms with Gasteiger partial charge in [0.1, 0.15) is 17.0 Å². The summed E-state index contributed by atoms with van der Waals surface area (Å²) in [5.74, 6) is -0.225. The van der Waals surface area contributed by atoms with E-state index in [4.69, 9.17) is 21.1 Å². The molecule has 1 saturated heterocycles. The Hall–Kier alpha value is -3.06. The lowest BCUT2D eigenvalue weighted by molar-refractivity contribution is -0.130. The fourth-order valence-electron chi connectivity index (χ4n) is 3.15. The quantitative estimate of drug-likeness (QED) is 0.593. The van der Waals surface area contributed by atoms with E-state index < -0.39 is 29.8 Å². The minimum atomic E-state index is -1.35. The monoisotopic (exact) mass is 402 g/mol. The number of benzene rings is 2. The Kier molecular flexibility index (Phi) is 5.29. The third-order valence-electron chi connectivity index (χ3n) is 4.70. The third-order valence-corrected chi connectivity index (χ3v) is 5.03. The fourth-order valence-corrected chi connectivity index (χ4v) is 3.48. The van der Waals surface area contributed by atoms with Gasteiger partial charge in [0.2, 0.25) is 0 Å². The maximum absolute atomic E-state index is 13.0. The van der Waals surface area contributed by atoms with Crippen molar-refractivity contribution in [1.29, 1.82) is 0 Å². The average molecular weight is 403 g/mol. The van der Waals surface area contributed by atoms with Gasteiger partial charge in [0.25, 0.3) is 5.91 Å². The molecule has 7 nitrogen and oxygen atoms in total. The molecule has 3 amide bonds. The van der Waals surface area contributed by atoms with Crippen molar-refractivity contribution in [1.82, 2.24) is 10.2 Å². The van der Waals surface area contributed by atoms with Crippen LogP contribution in [0.25, 0.3) is 0 Å². The molecule has 0 aliphatic carbocycles. The fraction of sp³-hybridized carbons (Fsp3) is 0.250. The molecule has 1 heterocycles. The number of imide groups is 1. The summed E-state index contributed by atoms with van der Waals surface area (Å²) in [4.78, 5) is 39.2. The van der Waals surface area contributed by atoms with E-state index in [1.165, 1.54) is 20.3 Å². The summed E-state index contributed by atoms with van der Waals surface area (Å²) in [7, 11) is 2.91. The lowest BCUT2D eigenvalue weighted by atomic mass is 9.92. The van der Waals surface area contributed by atoms with Crippen LogP contribution in [0, 0.1) is 0 Å². The van der Waals surface area contributed by atoms with E-state index in [1.54, 1.807) is 43.3 Å². The van der Waals surface area contributed by atoms with Gasteiger partial charge >= 0.3 is 6.03 Å². The van der Waals surface area contributed by atoms with Crippen molar-refractivity contribution in [2.45, 2.75) is 12.5 Å². The van der Waals surface area contributed by atoms with Crippen LogP contribution in [0.3, 0.4) is 0 Å². The molecule has 3 rings (SSSR count). The average Bonchev–Trinajstić information content (AvgIpc) is 2.91. The van der Waals surface area contributed by atoms with Gasteiger partial charge in [-0.1, -0.05) is 29.8 Å². The molecule has 1 aliphatic rings. The minimum Gasteiger partial charge on any atom is -0.497 e. The van der Waals surface area contributed by atoms with Crippen molar-refractivity contribution >= 4 is 29.3 Å². The summed E-state index contributed by atoms with van der Waals surface area (Å²) in [6.45, 7) is 1.12. The first kappa shape index (κ1) is 19.7. The Morgan fingerprint density at radius 3 is 2.50 bits per heavy atom. The van der Waals surface area contributed by atoms with Crippen LogP contribution in [0.5, 0.6) is 11.5 Å². The van der Waals surface area contributed by atoms with Crippen LogP contribution in [0.15, 0.2) is 42.5 Å². The molecule has 1 N–H and O–H groups in total. The van der Waals surface area contributed by atoms with Gasteiger partial charge in [0.05, 0.1) is 26.3 Å². The van der Waals surface area contributed by atoms with E-state index in [-0.39, 0.29) is 5.56 Å². The lowest BCUT2D eigenvalue weighted by Crippen LogP contribution is -2.41. The van der Waals surface area contributed by atoms with E-state index in [0.717, 1.165) is 4.90 Å². The first-order chi connectivity index (χ1) is 13.3. The highest BCUT2D eigenvalue weighted by Crippen LogP contribution is 2.34. The molecule has 1 fully saturated rings. The molecule has 1 atom stereocenters. The van der Waals surface area contributed by atoms with Crippen molar-refractivity contribution < 1.29 is 23.9 Å². The molecule has 0 unspecified atom stereocenters. The van der Waals surface area contributed by atoms with Gasteiger partial charge in [0, 0.05) is 10.6 Å². The molecule has 0 radical (unpaired) electrons. The zero-order valence-electron chi connectivity index (χ0n) is 15.6. The number of halogens is 1. The van der Waals surface area contributed by atoms with Crippen LogP contribution in [0.4, 0.5) is 4.79 Å². The third kappa shape index (κ3) is 3.29.